The molecular formula is C21H24N2O4. The summed E-state index contributed by atoms with van der Waals surface area (Å²) in [4.78, 5) is 36.5. The van der Waals surface area contributed by atoms with Crippen LogP contribution in [0.3, 0.4) is 0 Å². The molecule has 0 atom stereocenters. The minimum atomic E-state index is -0.858. The van der Waals surface area contributed by atoms with Crippen LogP contribution in [-0.4, -0.2) is 24.4 Å². The predicted octanol–water partition coefficient (Wildman–Crippen LogP) is 3.78. The maximum atomic E-state index is 12.2. The standard InChI is InChI=1S/C21H24N2O4/c1-3-5-14-27-21(26)17-8-6-7-9-18(17)23-20(25)19(24)22-16-12-10-15(4-2)11-13-16/h6-13H,3-5,14H2,1-2H3,(H,22,24)(H,23,25). The topological polar surface area (TPSA) is 84.5 Å². The molecule has 2 aromatic rings. The zero-order chi connectivity index (χ0) is 19.6. The number of carbonyl (C=O) groups is 3. The Hall–Kier alpha value is -3.15. The van der Waals surface area contributed by atoms with E-state index in [9.17, 15) is 14.4 Å². The molecule has 0 radical (unpaired) electrons. The molecular weight excluding hydrogens is 344 g/mol. The molecule has 0 bridgehead atoms. The molecule has 6 heteroatoms. The molecule has 2 aromatic carbocycles. The molecule has 2 rings (SSSR count). The maximum absolute atomic E-state index is 12.2. The second kappa shape index (κ2) is 10.1. The van der Waals surface area contributed by atoms with Crippen LogP contribution in [0.4, 0.5) is 11.4 Å². The third kappa shape index (κ3) is 5.95. The van der Waals surface area contributed by atoms with E-state index in [4.69, 9.17) is 4.74 Å². The number of ether oxygens (including phenoxy) is 1. The summed E-state index contributed by atoms with van der Waals surface area (Å²) in [6.45, 7) is 4.34. The number of carbonyl (C=O) groups excluding carboxylic acids is 3. The van der Waals surface area contributed by atoms with E-state index in [0.29, 0.717) is 12.3 Å². The number of esters is 1. The van der Waals surface area contributed by atoms with Crippen LogP contribution in [0.1, 0.15) is 42.6 Å². The molecule has 2 amide bonds. The van der Waals surface area contributed by atoms with Crippen molar-refractivity contribution < 1.29 is 19.1 Å². The molecule has 142 valence electrons. The quantitative estimate of drug-likeness (QED) is 0.442. The Labute approximate surface area is 158 Å². The van der Waals surface area contributed by atoms with Crippen LogP contribution in [0.2, 0.25) is 0 Å². The highest BCUT2D eigenvalue weighted by Crippen LogP contribution is 2.17. The average Bonchev–Trinajstić information content (AvgIpc) is 2.69. The van der Waals surface area contributed by atoms with Crippen molar-refractivity contribution in [1.82, 2.24) is 0 Å². The predicted molar refractivity (Wildman–Crippen MR) is 105 cm³/mol. The summed E-state index contributed by atoms with van der Waals surface area (Å²) in [6, 6.07) is 13.7. The summed E-state index contributed by atoms with van der Waals surface area (Å²) < 4.78 is 5.18. The van der Waals surface area contributed by atoms with E-state index >= 15 is 0 Å². The van der Waals surface area contributed by atoms with Crippen LogP contribution in [-0.2, 0) is 20.7 Å². The number of nitrogens with one attached hydrogen (secondary N) is 2. The van der Waals surface area contributed by atoms with Crippen LogP contribution in [0, 0.1) is 0 Å². The van der Waals surface area contributed by atoms with Crippen molar-refractivity contribution in [3.05, 3.63) is 59.7 Å². The largest absolute Gasteiger partial charge is 0.462 e. The lowest BCUT2D eigenvalue weighted by molar-refractivity contribution is -0.133. The van der Waals surface area contributed by atoms with Crippen LogP contribution in [0.25, 0.3) is 0 Å². The molecule has 0 fully saturated rings. The van der Waals surface area contributed by atoms with Crippen molar-refractivity contribution in [3.63, 3.8) is 0 Å². The number of rotatable bonds is 7. The van der Waals surface area contributed by atoms with Crippen molar-refractivity contribution in [3.8, 4) is 0 Å². The van der Waals surface area contributed by atoms with E-state index in [0.717, 1.165) is 24.8 Å². The van der Waals surface area contributed by atoms with Crippen LogP contribution < -0.4 is 10.6 Å². The van der Waals surface area contributed by atoms with Crippen molar-refractivity contribution in [2.75, 3.05) is 17.2 Å². The molecule has 27 heavy (non-hydrogen) atoms. The SMILES string of the molecule is CCCCOC(=O)c1ccccc1NC(=O)C(=O)Nc1ccc(CC)cc1. The minimum absolute atomic E-state index is 0.210. The fourth-order valence-corrected chi connectivity index (χ4v) is 2.35. The highest BCUT2D eigenvalue weighted by Gasteiger charge is 2.18. The minimum Gasteiger partial charge on any atom is -0.462 e. The highest BCUT2D eigenvalue weighted by molar-refractivity contribution is 6.43. The van der Waals surface area contributed by atoms with Crippen molar-refractivity contribution in [1.29, 1.82) is 0 Å². The van der Waals surface area contributed by atoms with Gasteiger partial charge in [0.05, 0.1) is 17.9 Å². The molecule has 0 aliphatic heterocycles. The van der Waals surface area contributed by atoms with Gasteiger partial charge in [-0.3, -0.25) is 9.59 Å². The van der Waals surface area contributed by atoms with Gasteiger partial charge in [-0.25, -0.2) is 4.79 Å². The molecule has 0 heterocycles. The highest BCUT2D eigenvalue weighted by atomic mass is 16.5. The number of para-hydroxylation sites is 1. The molecule has 0 saturated heterocycles. The number of aryl methyl sites for hydroxylation is 1. The molecule has 0 saturated carbocycles. The summed E-state index contributed by atoms with van der Waals surface area (Å²) in [5.74, 6) is -2.20. The van der Waals surface area contributed by atoms with Gasteiger partial charge in [0.2, 0.25) is 0 Å². The van der Waals surface area contributed by atoms with Gasteiger partial charge in [-0.15, -0.1) is 0 Å². The molecule has 0 unspecified atom stereocenters. The van der Waals surface area contributed by atoms with Crippen molar-refractivity contribution in [2.45, 2.75) is 33.1 Å². The summed E-state index contributed by atoms with van der Waals surface area (Å²) in [6.07, 6.45) is 2.56. The van der Waals surface area contributed by atoms with Gasteiger partial charge in [0.25, 0.3) is 0 Å². The fourth-order valence-electron chi connectivity index (χ4n) is 2.35. The second-order valence-corrected chi connectivity index (χ2v) is 5.99. The van der Waals surface area contributed by atoms with Crippen molar-refractivity contribution >= 4 is 29.2 Å². The van der Waals surface area contributed by atoms with Crippen LogP contribution in [0.15, 0.2) is 48.5 Å². The average molecular weight is 368 g/mol. The van der Waals surface area contributed by atoms with E-state index in [2.05, 4.69) is 10.6 Å². The van der Waals surface area contributed by atoms with Crippen LogP contribution in [0.5, 0.6) is 0 Å². The number of unbranched alkanes of at least 4 members (excludes halogenated alkanes) is 1. The Morgan fingerprint density at radius 2 is 1.56 bits per heavy atom. The van der Waals surface area contributed by atoms with Gasteiger partial charge in [0.15, 0.2) is 0 Å². The van der Waals surface area contributed by atoms with E-state index < -0.39 is 17.8 Å². The van der Waals surface area contributed by atoms with Gasteiger partial charge < -0.3 is 15.4 Å². The molecule has 0 aliphatic carbocycles. The first kappa shape index (κ1) is 20.2. The lowest BCUT2D eigenvalue weighted by Crippen LogP contribution is -2.29. The van der Waals surface area contributed by atoms with E-state index in [1.165, 1.54) is 0 Å². The van der Waals surface area contributed by atoms with Crippen LogP contribution >= 0.6 is 0 Å². The Balaban J connectivity index is 2.01. The Kier molecular flexibility index (Phi) is 7.55. The van der Waals surface area contributed by atoms with E-state index in [1.54, 1.807) is 36.4 Å². The smallest absolute Gasteiger partial charge is 0.340 e. The summed E-state index contributed by atoms with van der Waals surface area (Å²) in [5.41, 5.74) is 2.11. The molecule has 0 aromatic heterocycles. The molecule has 2 N–H and O–H groups in total. The van der Waals surface area contributed by atoms with Gasteiger partial charge in [-0.1, -0.05) is 44.5 Å². The van der Waals surface area contributed by atoms with E-state index in [1.807, 2.05) is 26.0 Å². The van der Waals surface area contributed by atoms with Gasteiger partial charge >= 0.3 is 17.8 Å². The van der Waals surface area contributed by atoms with Gasteiger partial charge in [-0.05, 0) is 42.7 Å². The lowest BCUT2D eigenvalue weighted by atomic mass is 10.1. The number of amides is 2. The van der Waals surface area contributed by atoms with E-state index in [-0.39, 0.29) is 11.3 Å². The summed E-state index contributed by atoms with van der Waals surface area (Å²) in [5, 5.41) is 5.01. The molecule has 0 aliphatic rings. The lowest BCUT2D eigenvalue weighted by Gasteiger charge is -2.11. The number of hydrogen-bond donors (Lipinski definition) is 2. The monoisotopic (exact) mass is 368 g/mol. The summed E-state index contributed by atoms with van der Waals surface area (Å²) in [7, 11) is 0. The normalized spacial score (nSPS) is 10.1. The first-order chi connectivity index (χ1) is 13.0. The number of benzene rings is 2. The zero-order valence-corrected chi connectivity index (χ0v) is 15.6. The number of anilines is 2. The zero-order valence-electron chi connectivity index (χ0n) is 15.6. The Morgan fingerprint density at radius 1 is 0.889 bits per heavy atom. The maximum Gasteiger partial charge on any atom is 0.340 e. The Bertz CT molecular complexity index is 800. The van der Waals surface area contributed by atoms with Crippen molar-refractivity contribution in [2.24, 2.45) is 0 Å². The third-order valence-corrected chi connectivity index (χ3v) is 3.95. The summed E-state index contributed by atoms with van der Waals surface area (Å²) >= 11 is 0. The first-order valence-corrected chi connectivity index (χ1v) is 9.02. The Morgan fingerprint density at radius 3 is 2.22 bits per heavy atom. The second-order valence-electron chi connectivity index (χ2n) is 5.99. The third-order valence-electron chi connectivity index (χ3n) is 3.95. The first-order valence-electron chi connectivity index (χ1n) is 9.02. The molecule has 0 spiro atoms. The van der Waals surface area contributed by atoms with Gasteiger partial charge in [0, 0.05) is 5.69 Å². The molecule has 6 nitrogen and oxygen atoms in total. The number of hydrogen-bond acceptors (Lipinski definition) is 4. The van der Waals surface area contributed by atoms with Gasteiger partial charge in [0.1, 0.15) is 0 Å². The van der Waals surface area contributed by atoms with Gasteiger partial charge in [-0.2, -0.15) is 0 Å². The fraction of sp³-hybridized carbons (Fsp3) is 0.286.